The summed E-state index contributed by atoms with van der Waals surface area (Å²) in [5, 5.41) is 8.12. The number of amides is 2. The first-order valence-corrected chi connectivity index (χ1v) is 5.25. The third kappa shape index (κ3) is 7.48. The number of carbonyl (C=O) groups excluding carboxylic acids is 2. The van der Waals surface area contributed by atoms with Crippen molar-refractivity contribution in [3.05, 3.63) is 0 Å². The van der Waals surface area contributed by atoms with Crippen molar-refractivity contribution >= 4 is 24.2 Å². The SMILES string of the molecule is CCC(C)NC(=O)C(C)NC(=O)CNC.Cl. The predicted octanol–water partition coefficient (Wildman–Crippen LogP) is 0.0470. The molecule has 0 spiro atoms. The zero-order chi connectivity index (χ0) is 11.8. The van der Waals surface area contributed by atoms with Crippen LogP contribution in [0.2, 0.25) is 0 Å². The molecule has 5 nitrogen and oxygen atoms in total. The Morgan fingerprint density at radius 3 is 2.19 bits per heavy atom. The Bertz CT molecular complexity index is 224. The van der Waals surface area contributed by atoms with Gasteiger partial charge in [0.2, 0.25) is 11.8 Å². The maximum atomic E-state index is 11.5. The summed E-state index contributed by atoms with van der Waals surface area (Å²) in [5.74, 6) is -0.321. The van der Waals surface area contributed by atoms with E-state index in [2.05, 4.69) is 16.0 Å². The molecular formula is C10H22ClN3O2. The van der Waals surface area contributed by atoms with Crippen molar-refractivity contribution in [3.63, 3.8) is 0 Å². The van der Waals surface area contributed by atoms with Crippen LogP contribution in [0.1, 0.15) is 27.2 Å². The van der Waals surface area contributed by atoms with Gasteiger partial charge in [0.15, 0.2) is 0 Å². The normalized spacial score (nSPS) is 13.2. The van der Waals surface area contributed by atoms with Crippen LogP contribution in [-0.4, -0.2) is 37.5 Å². The zero-order valence-electron chi connectivity index (χ0n) is 10.3. The molecule has 2 unspecified atom stereocenters. The maximum Gasteiger partial charge on any atom is 0.242 e. The first-order valence-electron chi connectivity index (χ1n) is 5.25. The van der Waals surface area contributed by atoms with E-state index in [0.717, 1.165) is 6.42 Å². The van der Waals surface area contributed by atoms with Gasteiger partial charge in [0.25, 0.3) is 0 Å². The van der Waals surface area contributed by atoms with E-state index in [4.69, 9.17) is 0 Å². The Kier molecular flexibility index (Phi) is 10.3. The van der Waals surface area contributed by atoms with E-state index >= 15 is 0 Å². The van der Waals surface area contributed by atoms with Crippen LogP contribution in [0.15, 0.2) is 0 Å². The smallest absolute Gasteiger partial charge is 0.242 e. The van der Waals surface area contributed by atoms with Crippen LogP contribution in [0.25, 0.3) is 0 Å². The van der Waals surface area contributed by atoms with E-state index in [1.807, 2.05) is 13.8 Å². The highest BCUT2D eigenvalue weighted by Crippen LogP contribution is 1.90. The second kappa shape index (κ2) is 9.42. The molecule has 6 heteroatoms. The van der Waals surface area contributed by atoms with E-state index in [-0.39, 0.29) is 36.8 Å². The van der Waals surface area contributed by atoms with Gasteiger partial charge in [0, 0.05) is 6.04 Å². The highest BCUT2D eigenvalue weighted by molar-refractivity contribution is 5.88. The lowest BCUT2D eigenvalue weighted by Crippen LogP contribution is -2.48. The fourth-order valence-electron chi connectivity index (χ4n) is 0.989. The summed E-state index contributed by atoms with van der Waals surface area (Å²) < 4.78 is 0. The standard InChI is InChI=1S/C10H21N3O2.ClH/c1-5-7(2)12-10(15)8(3)13-9(14)6-11-4;/h7-8,11H,5-6H2,1-4H3,(H,12,15)(H,13,14);1H. The van der Waals surface area contributed by atoms with Crippen molar-refractivity contribution in [1.82, 2.24) is 16.0 Å². The summed E-state index contributed by atoms with van der Waals surface area (Å²) >= 11 is 0. The lowest BCUT2D eigenvalue weighted by atomic mass is 10.2. The zero-order valence-corrected chi connectivity index (χ0v) is 11.1. The quantitative estimate of drug-likeness (QED) is 0.625. The molecule has 2 atom stereocenters. The minimum absolute atomic E-state index is 0. The van der Waals surface area contributed by atoms with Gasteiger partial charge in [0.05, 0.1) is 6.54 Å². The van der Waals surface area contributed by atoms with E-state index in [0.29, 0.717) is 0 Å². The third-order valence-electron chi connectivity index (χ3n) is 2.11. The Labute approximate surface area is 103 Å². The molecule has 0 aromatic heterocycles. The van der Waals surface area contributed by atoms with Crippen molar-refractivity contribution in [2.75, 3.05) is 13.6 Å². The number of hydrogen-bond acceptors (Lipinski definition) is 3. The van der Waals surface area contributed by atoms with Crippen molar-refractivity contribution < 1.29 is 9.59 Å². The summed E-state index contributed by atoms with van der Waals surface area (Å²) in [5.41, 5.74) is 0. The van der Waals surface area contributed by atoms with Gasteiger partial charge >= 0.3 is 0 Å². The molecule has 0 fully saturated rings. The summed E-state index contributed by atoms with van der Waals surface area (Å²) in [4.78, 5) is 22.7. The summed E-state index contributed by atoms with van der Waals surface area (Å²) in [6.45, 7) is 5.82. The number of halogens is 1. The largest absolute Gasteiger partial charge is 0.352 e. The minimum atomic E-state index is -0.486. The molecule has 0 saturated heterocycles. The molecule has 3 N–H and O–H groups in total. The third-order valence-corrected chi connectivity index (χ3v) is 2.11. The summed E-state index contributed by atoms with van der Waals surface area (Å²) in [7, 11) is 1.68. The van der Waals surface area contributed by atoms with Crippen molar-refractivity contribution in [2.24, 2.45) is 0 Å². The molecular weight excluding hydrogens is 230 g/mol. The fourth-order valence-corrected chi connectivity index (χ4v) is 0.989. The van der Waals surface area contributed by atoms with E-state index in [1.165, 1.54) is 0 Å². The second-order valence-corrected chi connectivity index (χ2v) is 3.64. The molecule has 0 heterocycles. The number of likely N-dealkylation sites (N-methyl/N-ethyl adjacent to an activating group) is 1. The average Bonchev–Trinajstić information content (AvgIpc) is 2.17. The van der Waals surface area contributed by atoms with Gasteiger partial charge in [-0.05, 0) is 27.3 Å². The molecule has 0 aliphatic carbocycles. The maximum absolute atomic E-state index is 11.5. The molecule has 0 rings (SSSR count). The highest BCUT2D eigenvalue weighted by atomic mass is 35.5. The molecule has 0 aromatic rings. The van der Waals surface area contributed by atoms with E-state index < -0.39 is 6.04 Å². The Morgan fingerprint density at radius 2 is 1.75 bits per heavy atom. The average molecular weight is 252 g/mol. The number of rotatable bonds is 6. The number of nitrogens with one attached hydrogen (secondary N) is 3. The van der Waals surface area contributed by atoms with Crippen LogP contribution in [0.5, 0.6) is 0 Å². The minimum Gasteiger partial charge on any atom is -0.352 e. The molecule has 0 radical (unpaired) electrons. The van der Waals surface area contributed by atoms with Crippen molar-refractivity contribution in [1.29, 1.82) is 0 Å². The molecule has 0 aliphatic heterocycles. The van der Waals surface area contributed by atoms with Gasteiger partial charge < -0.3 is 16.0 Å². The molecule has 16 heavy (non-hydrogen) atoms. The second-order valence-electron chi connectivity index (χ2n) is 3.64. The lowest BCUT2D eigenvalue weighted by Gasteiger charge is -2.17. The Hall–Kier alpha value is -0.810. The van der Waals surface area contributed by atoms with Gasteiger partial charge in [-0.1, -0.05) is 6.92 Å². The van der Waals surface area contributed by atoms with Gasteiger partial charge in [-0.25, -0.2) is 0 Å². The first kappa shape index (κ1) is 17.6. The lowest BCUT2D eigenvalue weighted by molar-refractivity contribution is -0.128. The molecule has 0 aliphatic rings. The van der Waals surface area contributed by atoms with Gasteiger partial charge in [-0.2, -0.15) is 0 Å². The van der Waals surface area contributed by atoms with Crippen LogP contribution in [0, 0.1) is 0 Å². The Morgan fingerprint density at radius 1 is 1.19 bits per heavy atom. The summed E-state index contributed by atoms with van der Waals surface area (Å²) in [6, 6.07) is -0.346. The van der Waals surface area contributed by atoms with Gasteiger partial charge in [-0.15, -0.1) is 12.4 Å². The van der Waals surface area contributed by atoms with Crippen molar-refractivity contribution in [3.8, 4) is 0 Å². The van der Waals surface area contributed by atoms with Crippen LogP contribution in [0.4, 0.5) is 0 Å². The molecule has 0 saturated carbocycles. The summed E-state index contributed by atoms with van der Waals surface area (Å²) in [6.07, 6.45) is 0.878. The van der Waals surface area contributed by atoms with Crippen molar-refractivity contribution in [2.45, 2.75) is 39.3 Å². The molecule has 0 bridgehead atoms. The van der Waals surface area contributed by atoms with Crippen LogP contribution in [-0.2, 0) is 9.59 Å². The highest BCUT2D eigenvalue weighted by Gasteiger charge is 2.15. The van der Waals surface area contributed by atoms with Gasteiger partial charge in [-0.3, -0.25) is 9.59 Å². The molecule has 0 aromatic carbocycles. The fraction of sp³-hybridized carbons (Fsp3) is 0.800. The topological polar surface area (TPSA) is 70.2 Å². The molecule has 2 amide bonds. The van der Waals surface area contributed by atoms with E-state index in [9.17, 15) is 9.59 Å². The number of hydrogen-bond donors (Lipinski definition) is 3. The van der Waals surface area contributed by atoms with Gasteiger partial charge in [0.1, 0.15) is 6.04 Å². The van der Waals surface area contributed by atoms with Crippen LogP contribution >= 0.6 is 12.4 Å². The van der Waals surface area contributed by atoms with Crippen LogP contribution in [0.3, 0.4) is 0 Å². The first-order chi connectivity index (χ1) is 7.01. The predicted molar refractivity (Wildman–Crippen MR) is 66.7 cm³/mol. The Balaban J connectivity index is 0. The van der Waals surface area contributed by atoms with Crippen LogP contribution < -0.4 is 16.0 Å². The number of carbonyl (C=O) groups is 2. The van der Waals surface area contributed by atoms with E-state index in [1.54, 1.807) is 14.0 Å². The molecule has 96 valence electrons. The monoisotopic (exact) mass is 251 g/mol.